The van der Waals surface area contributed by atoms with Gasteiger partial charge >= 0.3 is 0 Å². The minimum absolute atomic E-state index is 0.0554. The van der Waals surface area contributed by atoms with Crippen LogP contribution >= 0.6 is 11.8 Å². The van der Waals surface area contributed by atoms with Crippen molar-refractivity contribution in [1.82, 2.24) is 25.0 Å². The predicted molar refractivity (Wildman–Crippen MR) is 87.5 cm³/mol. The van der Waals surface area contributed by atoms with Crippen LogP contribution in [0.1, 0.15) is 12.7 Å². The summed E-state index contributed by atoms with van der Waals surface area (Å²) in [5.41, 5.74) is 0. The number of aryl methyl sites for hydroxylation is 1. The SMILES string of the molecule is CCNC(=O)[C@@H]1CN(Cc2ccc(Sc3nncn3C)o2)CCO1. The molecule has 2 aromatic heterocycles. The third kappa shape index (κ3) is 4.16. The van der Waals surface area contributed by atoms with Crippen molar-refractivity contribution in [3.63, 3.8) is 0 Å². The number of hydrogen-bond donors (Lipinski definition) is 1. The van der Waals surface area contributed by atoms with Gasteiger partial charge < -0.3 is 19.0 Å². The number of ether oxygens (including phenoxy) is 1. The smallest absolute Gasteiger partial charge is 0.250 e. The molecule has 0 bridgehead atoms. The number of nitrogens with zero attached hydrogens (tertiary/aromatic N) is 4. The highest BCUT2D eigenvalue weighted by Crippen LogP contribution is 2.27. The summed E-state index contributed by atoms with van der Waals surface area (Å²) in [5.74, 6) is 0.802. The lowest BCUT2D eigenvalue weighted by Crippen LogP contribution is -2.49. The Balaban J connectivity index is 1.56. The van der Waals surface area contributed by atoms with Crippen molar-refractivity contribution in [2.75, 3.05) is 26.2 Å². The molecule has 130 valence electrons. The van der Waals surface area contributed by atoms with E-state index in [1.54, 1.807) is 6.33 Å². The number of carbonyl (C=O) groups is 1. The van der Waals surface area contributed by atoms with Crippen molar-refractivity contribution < 1.29 is 13.9 Å². The zero-order valence-corrected chi connectivity index (χ0v) is 14.6. The molecule has 3 rings (SSSR count). The summed E-state index contributed by atoms with van der Waals surface area (Å²) in [6.45, 7) is 5.06. The molecule has 8 nitrogen and oxygen atoms in total. The van der Waals surface area contributed by atoms with E-state index in [-0.39, 0.29) is 5.91 Å². The Labute approximate surface area is 144 Å². The van der Waals surface area contributed by atoms with Crippen LogP contribution in [0.2, 0.25) is 0 Å². The van der Waals surface area contributed by atoms with Crippen LogP contribution < -0.4 is 5.32 Å². The molecule has 1 aliphatic rings. The van der Waals surface area contributed by atoms with E-state index in [9.17, 15) is 4.79 Å². The molecule has 1 fully saturated rings. The lowest BCUT2D eigenvalue weighted by Gasteiger charge is -2.31. The first-order valence-corrected chi connectivity index (χ1v) is 8.69. The van der Waals surface area contributed by atoms with E-state index in [0.29, 0.717) is 26.2 Å². The molecule has 1 atom stereocenters. The first-order valence-electron chi connectivity index (χ1n) is 7.88. The molecule has 0 spiro atoms. The van der Waals surface area contributed by atoms with E-state index in [1.807, 2.05) is 30.7 Å². The second-order valence-electron chi connectivity index (χ2n) is 5.54. The highest BCUT2D eigenvalue weighted by molar-refractivity contribution is 7.99. The largest absolute Gasteiger partial charge is 0.453 e. The number of aromatic nitrogens is 3. The normalized spacial score (nSPS) is 18.7. The lowest BCUT2D eigenvalue weighted by atomic mass is 10.2. The van der Waals surface area contributed by atoms with Crippen molar-refractivity contribution in [2.24, 2.45) is 7.05 Å². The fraction of sp³-hybridized carbons (Fsp3) is 0.533. The lowest BCUT2D eigenvalue weighted by molar-refractivity contribution is -0.138. The van der Waals surface area contributed by atoms with E-state index in [2.05, 4.69) is 20.4 Å². The maximum atomic E-state index is 11.9. The van der Waals surface area contributed by atoms with Crippen LogP contribution in [-0.4, -0.2) is 57.9 Å². The highest BCUT2D eigenvalue weighted by atomic mass is 32.2. The van der Waals surface area contributed by atoms with E-state index in [4.69, 9.17) is 9.15 Å². The Bertz CT molecular complexity index is 686. The minimum Gasteiger partial charge on any atom is -0.453 e. The zero-order chi connectivity index (χ0) is 16.9. The molecule has 0 saturated carbocycles. The van der Waals surface area contributed by atoms with Gasteiger partial charge in [-0.2, -0.15) is 0 Å². The summed E-state index contributed by atoms with van der Waals surface area (Å²) in [7, 11) is 1.89. The van der Waals surface area contributed by atoms with E-state index >= 15 is 0 Å². The molecule has 0 aromatic carbocycles. The number of nitrogens with one attached hydrogen (secondary N) is 1. The fourth-order valence-electron chi connectivity index (χ4n) is 2.47. The van der Waals surface area contributed by atoms with Gasteiger partial charge in [-0.25, -0.2) is 0 Å². The van der Waals surface area contributed by atoms with Crippen molar-refractivity contribution in [3.05, 3.63) is 24.2 Å². The third-order valence-electron chi connectivity index (χ3n) is 3.67. The van der Waals surface area contributed by atoms with Gasteiger partial charge in [-0.1, -0.05) is 0 Å². The summed E-state index contributed by atoms with van der Waals surface area (Å²) in [6.07, 6.45) is 1.24. The highest BCUT2D eigenvalue weighted by Gasteiger charge is 2.26. The number of amides is 1. The van der Waals surface area contributed by atoms with Crippen molar-refractivity contribution in [2.45, 2.75) is 29.8 Å². The number of furan rings is 1. The monoisotopic (exact) mass is 351 g/mol. The van der Waals surface area contributed by atoms with E-state index in [1.165, 1.54) is 11.8 Å². The summed E-state index contributed by atoms with van der Waals surface area (Å²) in [6, 6.07) is 3.88. The summed E-state index contributed by atoms with van der Waals surface area (Å²) >= 11 is 1.43. The number of carbonyl (C=O) groups excluding carboxylic acids is 1. The Morgan fingerprint density at radius 2 is 2.38 bits per heavy atom. The van der Waals surface area contributed by atoms with Crippen molar-refractivity contribution in [1.29, 1.82) is 0 Å². The van der Waals surface area contributed by atoms with Crippen LogP contribution in [0.3, 0.4) is 0 Å². The molecule has 3 heterocycles. The second kappa shape index (κ2) is 7.82. The molecule has 0 unspecified atom stereocenters. The second-order valence-corrected chi connectivity index (χ2v) is 6.51. The van der Waals surface area contributed by atoms with Gasteiger partial charge in [0.15, 0.2) is 10.2 Å². The van der Waals surface area contributed by atoms with Crippen LogP contribution in [0.4, 0.5) is 0 Å². The maximum absolute atomic E-state index is 11.9. The standard InChI is InChI=1S/C15H21N5O3S/c1-3-16-14(21)12-9-20(6-7-22-12)8-11-4-5-13(23-11)24-15-18-17-10-19(15)2/h4-5,10,12H,3,6-9H2,1-2H3,(H,16,21)/t12-/m0/s1. The number of likely N-dealkylation sites (N-methyl/N-ethyl adjacent to an activating group) is 1. The van der Waals surface area contributed by atoms with Crippen LogP contribution in [-0.2, 0) is 23.1 Å². The van der Waals surface area contributed by atoms with Gasteiger partial charge in [-0.15, -0.1) is 10.2 Å². The molecule has 1 N–H and O–H groups in total. The molecule has 0 radical (unpaired) electrons. The Morgan fingerprint density at radius 3 is 3.12 bits per heavy atom. The molecular weight excluding hydrogens is 330 g/mol. The van der Waals surface area contributed by atoms with Gasteiger partial charge in [0, 0.05) is 26.7 Å². The van der Waals surface area contributed by atoms with Crippen molar-refractivity contribution in [3.8, 4) is 0 Å². The van der Waals surface area contributed by atoms with Gasteiger partial charge in [0.2, 0.25) is 5.91 Å². The van der Waals surface area contributed by atoms with Gasteiger partial charge in [-0.3, -0.25) is 9.69 Å². The average Bonchev–Trinajstić information content (AvgIpc) is 3.18. The van der Waals surface area contributed by atoms with E-state index in [0.717, 1.165) is 22.6 Å². The van der Waals surface area contributed by atoms with Gasteiger partial charge in [0.05, 0.1) is 13.2 Å². The first-order chi connectivity index (χ1) is 11.7. The van der Waals surface area contributed by atoms with Gasteiger partial charge in [0.1, 0.15) is 18.2 Å². The quantitative estimate of drug-likeness (QED) is 0.827. The van der Waals surface area contributed by atoms with E-state index < -0.39 is 6.10 Å². The molecule has 2 aromatic rings. The Kier molecular flexibility index (Phi) is 5.54. The summed E-state index contributed by atoms with van der Waals surface area (Å²) in [4.78, 5) is 14.1. The summed E-state index contributed by atoms with van der Waals surface area (Å²) < 4.78 is 13.2. The van der Waals surface area contributed by atoms with Gasteiger partial charge in [0.25, 0.3) is 0 Å². The number of rotatable bonds is 6. The molecule has 0 aliphatic carbocycles. The van der Waals surface area contributed by atoms with Crippen LogP contribution in [0.15, 0.2) is 33.1 Å². The number of morpholine rings is 1. The van der Waals surface area contributed by atoms with Crippen LogP contribution in [0, 0.1) is 0 Å². The Morgan fingerprint density at radius 1 is 1.50 bits per heavy atom. The van der Waals surface area contributed by atoms with Crippen LogP contribution in [0.5, 0.6) is 0 Å². The zero-order valence-electron chi connectivity index (χ0n) is 13.8. The minimum atomic E-state index is -0.416. The molecule has 1 saturated heterocycles. The topological polar surface area (TPSA) is 85.4 Å². The maximum Gasteiger partial charge on any atom is 0.250 e. The third-order valence-corrected chi connectivity index (χ3v) is 4.64. The molecule has 9 heteroatoms. The average molecular weight is 351 g/mol. The fourth-order valence-corrected chi connectivity index (χ4v) is 3.21. The first kappa shape index (κ1) is 17.0. The number of hydrogen-bond acceptors (Lipinski definition) is 7. The summed E-state index contributed by atoms with van der Waals surface area (Å²) in [5, 5.41) is 12.2. The van der Waals surface area contributed by atoms with Gasteiger partial charge in [-0.05, 0) is 30.8 Å². The van der Waals surface area contributed by atoms with Crippen LogP contribution in [0.25, 0.3) is 0 Å². The predicted octanol–water partition coefficient (Wildman–Crippen LogP) is 0.896. The molecule has 1 aliphatic heterocycles. The molecule has 1 amide bonds. The molecule has 24 heavy (non-hydrogen) atoms. The van der Waals surface area contributed by atoms with Crippen molar-refractivity contribution >= 4 is 17.7 Å². The molecular formula is C15H21N5O3S. The Hall–Kier alpha value is -1.84.